The van der Waals surface area contributed by atoms with Crippen LogP contribution in [0, 0.1) is 0 Å². The van der Waals surface area contributed by atoms with Crippen molar-refractivity contribution in [2.45, 2.75) is 13.1 Å². The summed E-state index contributed by atoms with van der Waals surface area (Å²) in [6.07, 6.45) is 0. The minimum atomic E-state index is 0.628. The summed E-state index contributed by atoms with van der Waals surface area (Å²) in [7, 11) is 0. The predicted molar refractivity (Wildman–Crippen MR) is 81.9 cm³/mol. The van der Waals surface area contributed by atoms with Crippen molar-refractivity contribution in [1.82, 2.24) is 4.90 Å². The van der Waals surface area contributed by atoms with Gasteiger partial charge >= 0.3 is 0 Å². The highest BCUT2D eigenvalue weighted by atomic mass is 32.1. The van der Waals surface area contributed by atoms with Crippen LogP contribution in [0.5, 0.6) is 0 Å². The monoisotopic (exact) mass is 273 g/mol. The van der Waals surface area contributed by atoms with Gasteiger partial charge in [0.2, 0.25) is 0 Å². The Kier molecular flexibility index (Phi) is 5.95. The van der Waals surface area contributed by atoms with E-state index in [9.17, 15) is 0 Å². The van der Waals surface area contributed by atoms with Crippen LogP contribution in [-0.4, -0.2) is 18.1 Å². The average Bonchev–Trinajstić information content (AvgIpc) is 2.47. The third-order valence-corrected chi connectivity index (χ3v) is 3.18. The van der Waals surface area contributed by atoms with Gasteiger partial charge in [0.15, 0.2) is 0 Å². The van der Waals surface area contributed by atoms with Crippen LogP contribution in [0.1, 0.15) is 11.1 Å². The zero-order valence-electron chi connectivity index (χ0n) is 10.9. The first-order valence-corrected chi connectivity index (χ1v) is 6.81. The van der Waals surface area contributed by atoms with E-state index in [1.54, 1.807) is 0 Å². The molecule has 0 aliphatic heterocycles. The molecule has 2 rings (SSSR count). The fraction of sp³-hybridized carbons (Fsp3) is 0.250. The van der Waals surface area contributed by atoms with Gasteiger partial charge in [-0.05, 0) is 24.0 Å². The van der Waals surface area contributed by atoms with Crippen LogP contribution < -0.4 is 0 Å². The molecule has 0 atom stereocenters. The number of nitrogens with zero attached hydrogens (tertiary/aromatic N) is 1. The summed E-state index contributed by atoms with van der Waals surface area (Å²) in [5.41, 5.74) is 2.63. The molecule has 0 spiro atoms. The van der Waals surface area contributed by atoms with Crippen molar-refractivity contribution in [2.24, 2.45) is 0 Å². The molecular formula is C16H19NOS. The zero-order chi connectivity index (χ0) is 13.3. The SMILES string of the molecule is SOCCN(Cc1ccccc1)Cc1ccccc1. The second kappa shape index (κ2) is 8.00. The third kappa shape index (κ3) is 5.07. The Morgan fingerprint density at radius 2 is 1.26 bits per heavy atom. The Bertz CT molecular complexity index is 419. The second-order valence-electron chi connectivity index (χ2n) is 4.52. The van der Waals surface area contributed by atoms with Crippen LogP contribution in [0.2, 0.25) is 0 Å². The Morgan fingerprint density at radius 1 is 0.789 bits per heavy atom. The first-order valence-electron chi connectivity index (χ1n) is 6.45. The lowest BCUT2D eigenvalue weighted by Gasteiger charge is -2.22. The van der Waals surface area contributed by atoms with Gasteiger partial charge in [0, 0.05) is 19.6 Å². The van der Waals surface area contributed by atoms with Gasteiger partial charge in [-0.15, -0.1) is 0 Å². The highest BCUT2D eigenvalue weighted by molar-refractivity contribution is 7.75. The molecule has 100 valence electrons. The number of benzene rings is 2. The summed E-state index contributed by atoms with van der Waals surface area (Å²) >= 11 is 3.82. The van der Waals surface area contributed by atoms with Crippen LogP contribution >= 0.6 is 12.9 Å². The van der Waals surface area contributed by atoms with E-state index >= 15 is 0 Å². The standard InChI is InChI=1S/C16H19NOS/c19-18-12-11-17(13-15-7-3-1-4-8-15)14-16-9-5-2-6-10-16/h1-10,19H,11-14H2. The van der Waals surface area contributed by atoms with Gasteiger partial charge in [0.1, 0.15) is 0 Å². The molecule has 0 N–H and O–H groups in total. The molecular weight excluding hydrogens is 254 g/mol. The molecule has 0 bridgehead atoms. The lowest BCUT2D eigenvalue weighted by molar-refractivity contribution is 0.212. The van der Waals surface area contributed by atoms with Crippen LogP contribution in [0.4, 0.5) is 0 Å². The molecule has 2 aromatic rings. The number of rotatable bonds is 7. The van der Waals surface area contributed by atoms with Gasteiger partial charge < -0.3 is 4.18 Å². The van der Waals surface area contributed by atoms with E-state index in [-0.39, 0.29) is 0 Å². The van der Waals surface area contributed by atoms with Crippen LogP contribution in [0.25, 0.3) is 0 Å². The number of hydrogen-bond acceptors (Lipinski definition) is 3. The molecule has 0 fully saturated rings. The smallest absolute Gasteiger partial charge is 0.0738 e. The van der Waals surface area contributed by atoms with E-state index in [1.807, 2.05) is 12.1 Å². The summed E-state index contributed by atoms with van der Waals surface area (Å²) in [5.74, 6) is 0. The van der Waals surface area contributed by atoms with Gasteiger partial charge in [-0.3, -0.25) is 4.90 Å². The topological polar surface area (TPSA) is 12.5 Å². The normalized spacial score (nSPS) is 10.8. The van der Waals surface area contributed by atoms with Crippen molar-refractivity contribution in [3.8, 4) is 0 Å². The molecule has 19 heavy (non-hydrogen) atoms. The van der Waals surface area contributed by atoms with Gasteiger partial charge in [-0.2, -0.15) is 0 Å². The minimum absolute atomic E-state index is 0.628. The Labute approximate surface area is 120 Å². The number of hydrogen-bond donors (Lipinski definition) is 1. The van der Waals surface area contributed by atoms with Crippen molar-refractivity contribution in [3.63, 3.8) is 0 Å². The number of thiol groups is 1. The zero-order valence-corrected chi connectivity index (χ0v) is 11.8. The van der Waals surface area contributed by atoms with Gasteiger partial charge in [0.05, 0.1) is 6.61 Å². The van der Waals surface area contributed by atoms with Crippen molar-refractivity contribution < 1.29 is 4.18 Å². The maximum Gasteiger partial charge on any atom is 0.0738 e. The van der Waals surface area contributed by atoms with Crippen LogP contribution in [0.3, 0.4) is 0 Å². The highest BCUT2D eigenvalue weighted by Crippen LogP contribution is 2.09. The third-order valence-electron chi connectivity index (χ3n) is 3.00. The molecule has 2 nitrogen and oxygen atoms in total. The largest absolute Gasteiger partial charge is 0.317 e. The van der Waals surface area contributed by atoms with E-state index in [2.05, 4.69) is 66.3 Å². The molecule has 0 heterocycles. The fourth-order valence-corrected chi connectivity index (χ4v) is 2.15. The highest BCUT2D eigenvalue weighted by Gasteiger charge is 2.06. The van der Waals surface area contributed by atoms with Crippen LogP contribution in [0.15, 0.2) is 60.7 Å². The summed E-state index contributed by atoms with van der Waals surface area (Å²) in [4.78, 5) is 2.36. The fourth-order valence-electron chi connectivity index (χ4n) is 2.07. The van der Waals surface area contributed by atoms with E-state index in [0.29, 0.717) is 6.61 Å². The minimum Gasteiger partial charge on any atom is -0.317 e. The van der Waals surface area contributed by atoms with Gasteiger partial charge in [0.25, 0.3) is 0 Å². The van der Waals surface area contributed by atoms with E-state index in [1.165, 1.54) is 11.1 Å². The predicted octanol–water partition coefficient (Wildman–Crippen LogP) is 3.55. The molecule has 0 aromatic heterocycles. The Balaban J connectivity index is 1.99. The molecule has 0 aliphatic rings. The van der Waals surface area contributed by atoms with Crippen molar-refractivity contribution >= 4 is 12.9 Å². The van der Waals surface area contributed by atoms with Gasteiger partial charge in [-0.25, -0.2) is 0 Å². The maximum atomic E-state index is 4.90. The summed E-state index contributed by atoms with van der Waals surface area (Å²) in [6, 6.07) is 21.0. The van der Waals surface area contributed by atoms with Crippen molar-refractivity contribution in [1.29, 1.82) is 0 Å². The quantitative estimate of drug-likeness (QED) is 0.612. The maximum absolute atomic E-state index is 4.90. The Morgan fingerprint density at radius 3 is 1.68 bits per heavy atom. The molecule has 0 saturated carbocycles. The summed E-state index contributed by atoms with van der Waals surface area (Å²) in [5, 5.41) is 0. The first-order chi connectivity index (χ1) is 9.38. The Hall–Kier alpha value is -1.29. The van der Waals surface area contributed by atoms with Crippen LogP contribution in [-0.2, 0) is 17.3 Å². The van der Waals surface area contributed by atoms with Crippen molar-refractivity contribution in [2.75, 3.05) is 13.2 Å². The second-order valence-corrected chi connectivity index (χ2v) is 4.77. The summed E-state index contributed by atoms with van der Waals surface area (Å²) in [6.45, 7) is 3.34. The van der Waals surface area contributed by atoms with Crippen molar-refractivity contribution in [3.05, 3.63) is 71.8 Å². The lowest BCUT2D eigenvalue weighted by Crippen LogP contribution is -2.26. The molecule has 0 radical (unpaired) electrons. The first kappa shape index (κ1) is 14.1. The molecule has 0 saturated heterocycles. The lowest BCUT2D eigenvalue weighted by atomic mass is 10.1. The average molecular weight is 273 g/mol. The molecule has 0 aliphatic carbocycles. The van der Waals surface area contributed by atoms with E-state index in [4.69, 9.17) is 4.18 Å². The van der Waals surface area contributed by atoms with E-state index in [0.717, 1.165) is 19.6 Å². The van der Waals surface area contributed by atoms with E-state index < -0.39 is 0 Å². The summed E-state index contributed by atoms with van der Waals surface area (Å²) < 4.78 is 4.90. The molecule has 0 amide bonds. The molecule has 3 heteroatoms. The molecule has 2 aromatic carbocycles. The molecule has 0 unspecified atom stereocenters. The van der Waals surface area contributed by atoms with Gasteiger partial charge in [-0.1, -0.05) is 60.7 Å².